The van der Waals surface area contributed by atoms with Crippen LogP contribution >= 0.6 is 0 Å². The van der Waals surface area contributed by atoms with E-state index in [1.807, 2.05) is 0 Å². The van der Waals surface area contributed by atoms with Crippen LogP contribution in [0.3, 0.4) is 0 Å². The Labute approximate surface area is 150 Å². The monoisotopic (exact) mass is 370 g/mol. The topological polar surface area (TPSA) is 74.0 Å². The lowest BCUT2D eigenvalue weighted by Gasteiger charge is -2.34. The zero-order valence-electron chi connectivity index (χ0n) is 15.1. The van der Waals surface area contributed by atoms with Crippen LogP contribution in [-0.2, 0) is 16.6 Å². The third-order valence-electron chi connectivity index (χ3n) is 5.24. The van der Waals surface area contributed by atoms with Gasteiger partial charge in [0.25, 0.3) is 10.0 Å². The van der Waals surface area contributed by atoms with Crippen molar-refractivity contribution < 1.29 is 17.9 Å². The van der Waals surface area contributed by atoms with Crippen molar-refractivity contribution in [3.63, 3.8) is 0 Å². The van der Waals surface area contributed by atoms with Crippen LogP contribution in [-0.4, -0.2) is 54.5 Å². The zero-order chi connectivity index (χ0) is 17.9. The third kappa shape index (κ3) is 4.64. The molecule has 1 aromatic rings. The summed E-state index contributed by atoms with van der Waals surface area (Å²) in [5, 5.41) is 9.88. The molecule has 1 saturated carbocycles. The van der Waals surface area contributed by atoms with E-state index >= 15 is 0 Å². The smallest absolute Gasteiger partial charge is 0.276 e. The van der Waals surface area contributed by atoms with E-state index in [9.17, 15) is 13.5 Å². The number of aliphatic hydroxyl groups is 1. The summed E-state index contributed by atoms with van der Waals surface area (Å²) in [6.45, 7) is 4.08. The van der Waals surface area contributed by atoms with Gasteiger partial charge < -0.3 is 9.52 Å². The second-order valence-electron chi connectivity index (χ2n) is 7.40. The Hall–Kier alpha value is -0.890. The number of sulfonamides is 1. The maximum Gasteiger partial charge on any atom is 0.276 e. The average molecular weight is 371 g/mol. The fraction of sp³-hybridized carbons (Fsp3) is 0.778. The van der Waals surface area contributed by atoms with Gasteiger partial charge in [-0.2, -0.15) is 4.31 Å². The van der Waals surface area contributed by atoms with Gasteiger partial charge >= 0.3 is 0 Å². The highest BCUT2D eigenvalue weighted by Crippen LogP contribution is 2.27. The van der Waals surface area contributed by atoms with E-state index in [1.54, 1.807) is 19.1 Å². The van der Waals surface area contributed by atoms with Crippen molar-refractivity contribution in [1.82, 2.24) is 9.21 Å². The van der Waals surface area contributed by atoms with Crippen LogP contribution in [0, 0.1) is 0 Å². The van der Waals surface area contributed by atoms with E-state index in [0.717, 1.165) is 25.7 Å². The average Bonchev–Trinajstić information content (AvgIpc) is 3.27. The fourth-order valence-electron chi connectivity index (χ4n) is 3.97. The molecule has 7 heteroatoms. The summed E-state index contributed by atoms with van der Waals surface area (Å²) in [4.78, 5) is 2.24. The second-order valence-corrected chi connectivity index (χ2v) is 9.27. The standard InChI is InChI=1S/C18H30N2O4S/c1-15(21)13-19(16-7-3-2-4-8-16)14-17-9-10-18(24-17)25(22,23)20-11-5-6-12-20/h9-10,15-16,21H,2-8,11-14H2,1H3. The third-order valence-corrected chi connectivity index (χ3v) is 7.02. The highest BCUT2D eigenvalue weighted by molar-refractivity contribution is 7.89. The van der Waals surface area contributed by atoms with E-state index in [2.05, 4.69) is 4.90 Å². The molecule has 6 nitrogen and oxygen atoms in total. The van der Waals surface area contributed by atoms with Gasteiger partial charge in [-0.15, -0.1) is 0 Å². The normalized spacial score (nSPS) is 21.9. The van der Waals surface area contributed by atoms with Crippen LogP contribution in [0.1, 0.15) is 57.6 Å². The first-order chi connectivity index (χ1) is 12.0. The van der Waals surface area contributed by atoms with E-state index in [-0.39, 0.29) is 5.09 Å². The van der Waals surface area contributed by atoms with Gasteiger partial charge in [0.2, 0.25) is 5.09 Å². The van der Waals surface area contributed by atoms with Crippen LogP contribution < -0.4 is 0 Å². The summed E-state index contributed by atoms with van der Waals surface area (Å²) in [6.07, 6.45) is 7.38. The molecule has 2 aliphatic rings. The number of hydrogen-bond acceptors (Lipinski definition) is 5. The Morgan fingerprint density at radius 3 is 2.52 bits per heavy atom. The van der Waals surface area contributed by atoms with E-state index in [4.69, 9.17) is 4.42 Å². The summed E-state index contributed by atoms with van der Waals surface area (Å²) >= 11 is 0. The molecule has 142 valence electrons. The van der Waals surface area contributed by atoms with Crippen molar-refractivity contribution >= 4 is 10.0 Å². The maximum atomic E-state index is 12.6. The highest BCUT2D eigenvalue weighted by atomic mass is 32.2. The molecule has 0 radical (unpaired) electrons. The minimum atomic E-state index is -3.50. The van der Waals surface area contributed by atoms with Crippen molar-refractivity contribution in [2.45, 2.75) is 75.7 Å². The van der Waals surface area contributed by atoms with Crippen molar-refractivity contribution in [3.8, 4) is 0 Å². The van der Waals surface area contributed by atoms with Gasteiger partial charge in [0, 0.05) is 25.7 Å². The zero-order valence-corrected chi connectivity index (χ0v) is 15.9. The number of nitrogens with zero attached hydrogens (tertiary/aromatic N) is 2. The molecule has 2 heterocycles. The van der Waals surface area contributed by atoms with Gasteiger partial charge in [0.1, 0.15) is 5.76 Å². The first-order valence-electron chi connectivity index (χ1n) is 9.48. The van der Waals surface area contributed by atoms with E-state index in [0.29, 0.717) is 38.0 Å². The molecule has 1 aliphatic heterocycles. The number of hydrogen-bond donors (Lipinski definition) is 1. The lowest BCUT2D eigenvalue weighted by Crippen LogP contribution is -2.40. The highest BCUT2D eigenvalue weighted by Gasteiger charge is 2.30. The molecule has 0 spiro atoms. The molecule has 0 bridgehead atoms. The molecule has 2 fully saturated rings. The SMILES string of the molecule is CC(O)CN(Cc1ccc(S(=O)(=O)N2CCCC2)o1)C1CCCCC1. The molecule has 0 aromatic carbocycles. The molecule has 1 atom stereocenters. The summed E-state index contributed by atoms with van der Waals surface area (Å²) in [5.74, 6) is 0.656. The first-order valence-corrected chi connectivity index (χ1v) is 10.9. The molecule has 3 rings (SSSR count). The van der Waals surface area contributed by atoms with Crippen LogP contribution in [0.4, 0.5) is 0 Å². The van der Waals surface area contributed by atoms with Crippen LogP contribution in [0.2, 0.25) is 0 Å². The Bertz CT molecular complexity index is 644. The van der Waals surface area contributed by atoms with Gasteiger partial charge in [-0.05, 0) is 44.7 Å². The molecule has 25 heavy (non-hydrogen) atoms. The number of rotatable bonds is 7. The van der Waals surface area contributed by atoms with Crippen LogP contribution in [0.15, 0.2) is 21.6 Å². The summed E-state index contributed by atoms with van der Waals surface area (Å²) in [6, 6.07) is 3.78. The summed E-state index contributed by atoms with van der Waals surface area (Å²) < 4.78 is 32.4. The van der Waals surface area contributed by atoms with Crippen molar-refractivity contribution in [2.24, 2.45) is 0 Å². The van der Waals surface area contributed by atoms with Crippen molar-refractivity contribution in [1.29, 1.82) is 0 Å². The predicted octanol–water partition coefficient (Wildman–Crippen LogP) is 2.58. The molecule has 1 unspecified atom stereocenters. The Balaban J connectivity index is 1.71. The van der Waals surface area contributed by atoms with Gasteiger partial charge in [-0.3, -0.25) is 4.90 Å². The molecular weight excluding hydrogens is 340 g/mol. The van der Waals surface area contributed by atoms with Gasteiger partial charge in [0.15, 0.2) is 0 Å². The van der Waals surface area contributed by atoms with E-state index in [1.165, 1.54) is 23.6 Å². The Morgan fingerprint density at radius 2 is 1.88 bits per heavy atom. The molecule has 1 aromatic heterocycles. The van der Waals surface area contributed by atoms with Gasteiger partial charge in [-0.1, -0.05) is 19.3 Å². The van der Waals surface area contributed by atoms with Crippen molar-refractivity contribution in [3.05, 3.63) is 17.9 Å². The van der Waals surface area contributed by atoms with Crippen molar-refractivity contribution in [2.75, 3.05) is 19.6 Å². The minimum Gasteiger partial charge on any atom is -0.447 e. The van der Waals surface area contributed by atoms with Crippen LogP contribution in [0.5, 0.6) is 0 Å². The second kappa shape index (κ2) is 8.20. The molecule has 0 amide bonds. The molecule has 1 aliphatic carbocycles. The van der Waals surface area contributed by atoms with Gasteiger partial charge in [0.05, 0.1) is 12.6 Å². The lowest BCUT2D eigenvalue weighted by molar-refractivity contribution is 0.0708. The van der Waals surface area contributed by atoms with Gasteiger partial charge in [-0.25, -0.2) is 8.42 Å². The number of aliphatic hydroxyl groups excluding tert-OH is 1. The largest absolute Gasteiger partial charge is 0.447 e. The Morgan fingerprint density at radius 1 is 1.20 bits per heavy atom. The molecule has 1 N–H and O–H groups in total. The Kier molecular flexibility index (Phi) is 6.20. The van der Waals surface area contributed by atoms with Crippen LogP contribution in [0.25, 0.3) is 0 Å². The summed E-state index contributed by atoms with van der Waals surface area (Å²) in [5.41, 5.74) is 0. The predicted molar refractivity (Wildman–Crippen MR) is 95.7 cm³/mol. The fourth-order valence-corrected chi connectivity index (χ4v) is 5.41. The number of furan rings is 1. The summed E-state index contributed by atoms with van der Waals surface area (Å²) in [7, 11) is -3.50. The first kappa shape index (κ1) is 18.9. The van der Waals surface area contributed by atoms with E-state index < -0.39 is 16.1 Å². The minimum absolute atomic E-state index is 0.0463. The molecule has 1 saturated heterocycles. The molecular formula is C18H30N2O4S. The quantitative estimate of drug-likeness (QED) is 0.798. The maximum absolute atomic E-state index is 12.6. The lowest BCUT2D eigenvalue weighted by atomic mass is 9.94.